The number of aliphatic hydroxyl groups is 1. The molecule has 0 aliphatic carbocycles. The van der Waals surface area contributed by atoms with Gasteiger partial charge >= 0.3 is 5.96 Å². The maximum absolute atomic E-state index is 9.22. The molecule has 1 aliphatic rings. The topological polar surface area (TPSA) is 63.1 Å². The van der Waals surface area contributed by atoms with Gasteiger partial charge < -0.3 is 10.1 Å². The van der Waals surface area contributed by atoms with Crippen molar-refractivity contribution in [2.24, 2.45) is 0 Å². The number of para-hydroxylation sites is 1. The van der Waals surface area contributed by atoms with Crippen molar-refractivity contribution in [1.82, 2.24) is 15.6 Å². The average molecular weight is 259 g/mol. The summed E-state index contributed by atoms with van der Waals surface area (Å²) in [5.41, 5.74) is 2.39. The lowest BCUT2D eigenvalue weighted by Crippen LogP contribution is -2.37. The number of guanidine groups is 1. The highest BCUT2D eigenvalue weighted by molar-refractivity contribution is 5.83. The summed E-state index contributed by atoms with van der Waals surface area (Å²) in [5.74, 6) is 1.01. The predicted octanol–water partition coefficient (Wildman–Crippen LogP) is 0.221. The van der Waals surface area contributed by atoms with E-state index >= 15 is 0 Å². The molecular weight excluding hydrogens is 240 g/mol. The zero-order valence-electron chi connectivity index (χ0n) is 10.8. The van der Waals surface area contributed by atoms with Gasteiger partial charge in [0.2, 0.25) is 0 Å². The molecule has 0 atom stereocenters. The summed E-state index contributed by atoms with van der Waals surface area (Å²) in [6, 6.07) is 8.28. The zero-order valence-corrected chi connectivity index (χ0v) is 10.8. The van der Waals surface area contributed by atoms with Crippen molar-refractivity contribution in [2.75, 3.05) is 26.2 Å². The lowest BCUT2D eigenvalue weighted by molar-refractivity contribution is -0.549. The van der Waals surface area contributed by atoms with Crippen LogP contribution in [0.5, 0.6) is 0 Å². The normalized spacial score (nSPS) is 14.5. The van der Waals surface area contributed by atoms with Gasteiger partial charge in [0.15, 0.2) is 0 Å². The molecule has 3 rings (SSSR count). The van der Waals surface area contributed by atoms with E-state index in [9.17, 15) is 5.11 Å². The van der Waals surface area contributed by atoms with Gasteiger partial charge in [0.05, 0.1) is 32.8 Å². The Hall–Kier alpha value is -2.01. The molecule has 1 aromatic heterocycles. The van der Waals surface area contributed by atoms with Gasteiger partial charge in [-0.3, -0.25) is 15.2 Å². The molecule has 0 saturated carbocycles. The van der Waals surface area contributed by atoms with E-state index < -0.39 is 0 Å². The first-order chi connectivity index (χ1) is 9.38. The van der Waals surface area contributed by atoms with Crippen LogP contribution < -0.4 is 10.6 Å². The fraction of sp³-hybridized carbons (Fsp3) is 0.357. The highest BCUT2D eigenvalue weighted by atomic mass is 16.3. The van der Waals surface area contributed by atoms with E-state index in [0.29, 0.717) is 6.54 Å². The molecule has 0 spiro atoms. The second-order valence-electron chi connectivity index (χ2n) is 4.71. The van der Waals surface area contributed by atoms with Gasteiger partial charge in [-0.2, -0.15) is 0 Å². The van der Waals surface area contributed by atoms with E-state index in [2.05, 4.69) is 38.4 Å². The third-order valence-corrected chi connectivity index (χ3v) is 3.43. The van der Waals surface area contributed by atoms with Crippen LogP contribution >= 0.6 is 0 Å². The van der Waals surface area contributed by atoms with E-state index in [0.717, 1.165) is 31.1 Å². The molecule has 4 N–H and O–H groups in total. The lowest BCUT2D eigenvalue weighted by Gasteiger charge is -2.09. The van der Waals surface area contributed by atoms with Crippen molar-refractivity contribution in [1.29, 1.82) is 0 Å². The number of rotatable bonds is 4. The fourth-order valence-corrected chi connectivity index (χ4v) is 2.51. The first kappa shape index (κ1) is 12.0. The SMILES string of the molecule is OCC[N+](Cc1c[nH]c2ccccc12)=C1NCCN1. The molecule has 2 aromatic rings. The molecule has 19 heavy (non-hydrogen) atoms. The van der Waals surface area contributed by atoms with Crippen LogP contribution in [0.4, 0.5) is 0 Å². The summed E-state index contributed by atoms with van der Waals surface area (Å²) in [4.78, 5) is 3.29. The first-order valence-electron chi connectivity index (χ1n) is 6.64. The van der Waals surface area contributed by atoms with Crippen LogP contribution in [0.2, 0.25) is 0 Å². The Balaban J connectivity index is 1.91. The number of aromatic amines is 1. The van der Waals surface area contributed by atoms with Crippen molar-refractivity contribution < 1.29 is 9.68 Å². The van der Waals surface area contributed by atoms with Gasteiger partial charge in [-0.1, -0.05) is 18.2 Å². The van der Waals surface area contributed by atoms with Crippen LogP contribution in [0.3, 0.4) is 0 Å². The molecule has 1 saturated heterocycles. The minimum atomic E-state index is 0.148. The molecule has 100 valence electrons. The maximum atomic E-state index is 9.22. The van der Waals surface area contributed by atoms with Crippen LogP contribution in [0.25, 0.3) is 10.9 Å². The van der Waals surface area contributed by atoms with Crippen molar-refractivity contribution in [2.45, 2.75) is 6.54 Å². The number of H-pyrrole nitrogens is 1. The third kappa shape index (κ3) is 2.42. The Morgan fingerprint density at radius 1 is 1.16 bits per heavy atom. The number of aliphatic hydroxyl groups excluding tert-OH is 1. The molecule has 5 nitrogen and oxygen atoms in total. The first-order valence-corrected chi connectivity index (χ1v) is 6.64. The van der Waals surface area contributed by atoms with E-state index in [-0.39, 0.29) is 6.61 Å². The van der Waals surface area contributed by atoms with Gasteiger partial charge in [-0.15, -0.1) is 0 Å². The lowest BCUT2D eigenvalue weighted by atomic mass is 10.2. The van der Waals surface area contributed by atoms with Crippen LogP contribution in [0.15, 0.2) is 30.5 Å². The summed E-state index contributed by atoms with van der Waals surface area (Å²) in [7, 11) is 0. The van der Waals surface area contributed by atoms with Gasteiger partial charge in [-0.05, 0) is 6.07 Å². The summed E-state index contributed by atoms with van der Waals surface area (Å²) in [5, 5.41) is 17.1. The Kier molecular flexibility index (Phi) is 3.37. The number of fused-ring (bicyclic) bond motifs is 1. The van der Waals surface area contributed by atoms with Gasteiger partial charge in [0.25, 0.3) is 0 Å². The monoisotopic (exact) mass is 259 g/mol. The molecule has 0 radical (unpaired) electrons. The summed E-state index contributed by atoms with van der Waals surface area (Å²) >= 11 is 0. The number of nitrogens with zero attached hydrogens (tertiary/aromatic N) is 1. The van der Waals surface area contributed by atoms with Crippen LogP contribution in [-0.4, -0.2) is 46.9 Å². The van der Waals surface area contributed by atoms with Gasteiger partial charge in [-0.25, -0.2) is 0 Å². The molecule has 2 heterocycles. The number of aromatic nitrogens is 1. The number of hydrogen-bond acceptors (Lipinski definition) is 1. The quantitative estimate of drug-likeness (QED) is 0.594. The Labute approximate surface area is 112 Å². The minimum absolute atomic E-state index is 0.148. The van der Waals surface area contributed by atoms with E-state index in [1.54, 1.807) is 0 Å². The van der Waals surface area contributed by atoms with Crippen molar-refractivity contribution in [3.05, 3.63) is 36.0 Å². The van der Waals surface area contributed by atoms with Crippen molar-refractivity contribution in [3.8, 4) is 0 Å². The van der Waals surface area contributed by atoms with E-state index in [4.69, 9.17) is 0 Å². The van der Waals surface area contributed by atoms with Gasteiger partial charge in [0.1, 0.15) is 0 Å². The largest absolute Gasteiger partial charge is 0.393 e. The molecule has 5 heteroatoms. The Bertz CT molecular complexity index is 594. The standard InChI is InChI=1S/C14H18N4O/c19-8-7-18(14-15-5-6-16-14)10-11-9-17-13-4-2-1-3-12(11)13/h1-4,9,17,19H,5-8,10H2,(H,15,16)/p+1. The van der Waals surface area contributed by atoms with Crippen LogP contribution in [0, 0.1) is 0 Å². The molecule has 0 bridgehead atoms. The number of benzene rings is 1. The Morgan fingerprint density at radius 3 is 2.74 bits per heavy atom. The van der Waals surface area contributed by atoms with Gasteiger partial charge in [0, 0.05) is 22.7 Å². The van der Waals surface area contributed by atoms with Crippen molar-refractivity contribution in [3.63, 3.8) is 0 Å². The Morgan fingerprint density at radius 2 is 1.95 bits per heavy atom. The summed E-state index contributed by atoms with van der Waals surface area (Å²) in [6.07, 6.45) is 2.05. The molecular formula is C14H19N4O+. The van der Waals surface area contributed by atoms with Crippen LogP contribution in [0.1, 0.15) is 5.56 Å². The smallest absolute Gasteiger partial charge is 0.346 e. The van der Waals surface area contributed by atoms with Crippen LogP contribution in [-0.2, 0) is 6.54 Å². The molecule has 1 aromatic carbocycles. The average Bonchev–Trinajstić information content (AvgIpc) is 3.08. The summed E-state index contributed by atoms with van der Waals surface area (Å²) in [6.45, 7) is 3.42. The van der Waals surface area contributed by atoms with E-state index in [1.165, 1.54) is 10.9 Å². The van der Waals surface area contributed by atoms with E-state index in [1.807, 2.05) is 12.3 Å². The highest BCUT2D eigenvalue weighted by Gasteiger charge is 2.18. The molecule has 1 fully saturated rings. The fourth-order valence-electron chi connectivity index (χ4n) is 2.51. The zero-order chi connectivity index (χ0) is 13.1. The number of hydrogen-bond donors (Lipinski definition) is 4. The number of nitrogens with one attached hydrogen (secondary N) is 3. The predicted molar refractivity (Wildman–Crippen MR) is 75.2 cm³/mol. The highest BCUT2D eigenvalue weighted by Crippen LogP contribution is 2.18. The third-order valence-electron chi connectivity index (χ3n) is 3.43. The molecule has 1 aliphatic heterocycles. The molecule has 0 unspecified atom stereocenters. The maximum Gasteiger partial charge on any atom is 0.346 e. The van der Waals surface area contributed by atoms with Crippen molar-refractivity contribution >= 4 is 16.9 Å². The second kappa shape index (κ2) is 5.32. The second-order valence-corrected chi connectivity index (χ2v) is 4.71. The summed E-state index contributed by atoms with van der Waals surface area (Å²) < 4.78 is 2.14. The minimum Gasteiger partial charge on any atom is -0.393 e. The molecule has 0 amide bonds.